The van der Waals surface area contributed by atoms with E-state index in [0.717, 1.165) is 11.8 Å². The summed E-state index contributed by atoms with van der Waals surface area (Å²) in [4.78, 5) is 22.3. The number of benzene rings is 1. The summed E-state index contributed by atoms with van der Waals surface area (Å²) in [7, 11) is 0. The van der Waals surface area contributed by atoms with Crippen LogP contribution in [0.4, 0.5) is 5.69 Å². The first-order chi connectivity index (χ1) is 9.43. The van der Waals surface area contributed by atoms with Gasteiger partial charge in [0.25, 0.3) is 5.69 Å². The van der Waals surface area contributed by atoms with Crippen molar-refractivity contribution in [2.24, 2.45) is 0 Å². The molecular formula is C12H12ClN3O3S. The van der Waals surface area contributed by atoms with Crippen molar-refractivity contribution in [2.45, 2.75) is 24.3 Å². The predicted octanol–water partition coefficient (Wildman–Crippen LogP) is 2.76. The molecule has 0 saturated carbocycles. The molecule has 0 aliphatic heterocycles. The average molecular weight is 314 g/mol. The number of nitriles is 1. The van der Waals surface area contributed by atoms with Gasteiger partial charge in [-0.2, -0.15) is 5.26 Å². The Morgan fingerprint density at radius 3 is 2.95 bits per heavy atom. The van der Waals surface area contributed by atoms with E-state index >= 15 is 0 Å². The van der Waals surface area contributed by atoms with Crippen LogP contribution in [0.15, 0.2) is 23.1 Å². The van der Waals surface area contributed by atoms with E-state index in [0.29, 0.717) is 4.90 Å². The molecule has 0 radical (unpaired) electrons. The monoisotopic (exact) mass is 313 g/mol. The van der Waals surface area contributed by atoms with Crippen molar-refractivity contribution in [1.29, 1.82) is 5.26 Å². The van der Waals surface area contributed by atoms with Gasteiger partial charge in [-0.05, 0) is 19.1 Å². The van der Waals surface area contributed by atoms with E-state index in [9.17, 15) is 14.9 Å². The van der Waals surface area contributed by atoms with Gasteiger partial charge < -0.3 is 5.32 Å². The molecule has 1 rings (SSSR count). The number of halogens is 1. The molecule has 1 amide bonds. The number of nitrogens with zero attached hydrogens (tertiary/aromatic N) is 2. The van der Waals surface area contributed by atoms with Crippen LogP contribution in [0.25, 0.3) is 0 Å². The molecule has 0 heterocycles. The molecule has 0 aromatic heterocycles. The molecule has 0 bridgehead atoms. The molecule has 0 saturated heterocycles. The number of nitrogens with one attached hydrogen (secondary N) is 1. The first kappa shape index (κ1) is 16.3. The molecule has 1 aromatic carbocycles. The Bertz CT molecular complexity index is 559. The number of hydrogen-bond donors (Lipinski definition) is 1. The van der Waals surface area contributed by atoms with Crippen LogP contribution in [-0.2, 0) is 4.79 Å². The maximum atomic E-state index is 11.6. The fourth-order valence-electron chi connectivity index (χ4n) is 1.40. The molecule has 0 aliphatic carbocycles. The van der Waals surface area contributed by atoms with Gasteiger partial charge in [-0.3, -0.25) is 14.9 Å². The van der Waals surface area contributed by atoms with Crippen molar-refractivity contribution in [3.63, 3.8) is 0 Å². The fraction of sp³-hybridized carbons (Fsp3) is 0.333. The molecule has 1 N–H and O–H groups in total. The van der Waals surface area contributed by atoms with Crippen molar-refractivity contribution < 1.29 is 9.72 Å². The minimum Gasteiger partial charge on any atom is -0.352 e. The lowest BCUT2D eigenvalue weighted by atomic mass is 10.2. The van der Waals surface area contributed by atoms with E-state index in [2.05, 4.69) is 5.32 Å². The van der Waals surface area contributed by atoms with Crippen LogP contribution in [0.5, 0.6) is 0 Å². The maximum Gasteiger partial charge on any atom is 0.284 e. The van der Waals surface area contributed by atoms with E-state index in [1.807, 2.05) is 6.07 Å². The van der Waals surface area contributed by atoms with E-state index in [1.165, 1.54) is 18.2 Å². The van der Waals surface area contributed by atoms with Gasteiger partial charge in [-0.1, -0.05) is 11.6 Å². The van der Waals surface area contributed by atoms with Crippen LogP contribution in [0, 0.1) is 21.4 Å². The third-order valence-electron chi connectivity index (χ3n) is 2.28. The highest BCUT2D eigenvalue weighted by molar-refractivity contribution is 8.00. The molecular weight excluding hydrogens is 302 g/mol. The topological polar surface area (TPSA) is 96.0 Å². The smallest absolute Gasteiger partial charge is 0.284 e. The van der Waals surface area contributed by atoms with Crippen molar-refractivity contribution in [2.75, 3.05) is 5.75 Å². The Morgan fingerprint density at radius 1 is 1.65 bits per heavy atom. The van der Waals surface area contributed by atoms with Gasteiger partial charge >= 0.3 is 0 Å². The Kier molecular flexibility index (Phi) is 6.28. The zero-order chi connectivity index (χ0) is 15.1. The van der Waals surface area contributed by atoms with Crippen LogP contribution >= 0.6 is 23.4 Å². The van der Waals surface area contributed by atoms with Crippen LogP contribution in [0.2, 0.25) is 5.02 Å². The zero-order valence-corrected chi connectivity index (χ0v) is 12.2. The Morgan fingerprint density at radius 2 is 2.35 bits per heavy atom. The first-order valence-electron chi connectivity index (χ1n) is 5.67. The van der Waals surface area contributed by atoms with Gasteiger partial charge in [0.1, 0.15) is 0 Å². The summed E-state index contributed by atoms with van der Waals surface area (Å²) in [6, 6.07) is 6.01. The largest absolute Gasteiger partial charge is 0.352 e. The molecule has 20 heavy (non-hydrogen) atoms. The summed E-state index contributed by atoms with van der Waals surface area (Å²) in [5, 5.41) is 22.3. The number of hydrogen-bond acceptors (Lipinski definition) is 5. The summed E-state index contributed by atoms with van der Waals surface area (Å²) in [5.74, 6) is -0.236. The normalized spacial score (nSPS) is 11.4. The molecule has 1 aromatic rings. The summed E-state index contributed by atoms with van der Waals surface area (Å²) >= 11 is 6.76. The molecule has 0 spiro atoms. The molecule has 1 atom stereocenters. The second kappa shape index (κ2) is 7.72. The van der Waals surface area contributed by atoms with Crippen molar-refractivity contribution in [3.05, 3.63) is 33.3 Å². The fourth-order valence-corrected chi connectivity index (χ4v) is 2.38. The van der Waals surface area contributed by atoms with Gasteiger partial charge in [-0.25, -0.2) is 0 Å². The van der Waals surface area contributed by atoms with Gasteiger partial charge in [0.2, 0.25) is 5.91 Å². The number of rotatable bonds is 6. The third-order valence-corrected chi connectivity index (χ3v) is 3.58. The van der Waals surface area contributed by atoms with Gasteiger partial charge in [0, 0.05) is 17.1 Å². The number of carbonyl (C=O) groups excluding carboxylic acids is 1. The van der Waals surface area contributed by atoms with Crippen molar-refractivity contribution >= 4 is 35.0 Å². The SMILES string of the molecule is C[C@H](CC#N)NC(=O)CSc1ccc(Cl)cc1[N+](=O)[O-]. The lowest BCUT2D eigenvalue weighted by Gasteiger charge is -2.10. The summed E-state index contributed by atoms with van der Waals surface area (Å²) in [6.45, 7) is 1.72. The van der Waals surface area contributed by atoms with Gasteiger partial charge in [-0.15, -0.1) is 11.8 Å². The molecule has 0 aliphatic rings. The molecule has 0 fully saturated rings. The summed E-state index contributed by atoms with van der Waals surface area (Å²) in [5.41, 5.74) is -0.125. The summed E-state index contributed by atoms with van der Waals surface area (Å²) < 4.78 is 0. The van der Waals surface area contributed by atoms with E-state index in [1.54, 1.807) is 6.92 Å². The minimum absolute atomic E-state index is 0.0399. The standard InChI is InChI=1S/C12H12ClN3O3S/c1-8(4-5-14)15-12(17)7-20-11-3-2-9(13)6-10(11)16(18)19/h2-3,6,8H,4,7H2,1H3,(H,15,17)/t8-/m1/s1. The Balaban J connectivity index is 2.64. The van der Waals surface area contributed by atoms with Crippen LogP contribution in [-0.4, -0.2) is 22.6 Å². The first-order valence-corrected chi connectivity index (χ1v) is 7.03. The van der Waals surface area contributed by atoms with E-state index < -0.39 is 4.92 Å². The lowest BCUT2D eigenvalue weighted by Crippen LogP contribution is -2.33. The second-order valence-electron chi connectivity index (χ2n) is 3.99. The molecule has 8 heteroatoms. The van der Waals surface area contributed by atoms with Crippen molar-refractivity contribution in [3.8, 4) is 6.07 Å². The highest BCUT2D eigenvalue weighted by atomic mass is 35.5. The van der Waals surface area contributed by atoms with E-state index in [-0.39, 0.29) is 34.8 Å². The molecule has 106 valence electrons. The number of amides is 1. The predicted molar refractivity (Wildman–Crippen MR) is 76.7 cm³/mol. The van der Waals surface area contributed by atoms with Crippen LogP contribution in [0.1, 0.15) is 13.3 Å². The zero-order valence-electron chi connectivity index (χ0n) is 10.6. The van der Waals surface area contributed by atoms with Crippen LogP contribution < -0.4 is 5.32 Å². The lowest BCUT2D eigenvalue weighted by molar-refractivity contribution is -0.387. The minimum atomic E-state index is -0.537. The highest BCUT2D eigenvalue weighted by Gasteiger charge is 2.16. The number of nitro groups is 1. The Hall–Kier alpha value is -1.78. The number of nitro benzene ring substituents is 1. The third kappa shape index (κ3) is 5.07. The Labute approximate surface area is 125 Å². The number of carbonyl (C=O) groups is 1. The number of thioether (sulfide) groups is 1. The van der Waals surface area contributed by atoms with Gasteiger partial charge in [0.15, 0.2) is 0 Å². The molecule has 0 unspecified atom stereocenters. The maximum absolute atomic E-state index is 11.6. The summed E-state index contributed by atoms with van der Waals surface area (Å²) in [6.07, 6.45) is 0.220. The molecule has 6 nitrogen and oxygen atoms in total. The van der Waals surface area contributed by atoms with E-state index in [4.69, 9.17) is 16.9 Å². The van der Waals surface area contributed by atoms with Crippen LogP contribution in [0.3, 0.4) is 0 Å². The second-order valence-corrected chi connectivity index (χ2v) is 5.44. The highest BCUT2D eigenvalue weighted by Crippen LogP contribution is 2.31. The van der Waals surface area contributed by atoms with Gasteiger partial charge in [0.05, 0.1) is 28.1 Å². The average Bonchev–Trinajstić information content (AvgIpc) is 2.37. The van der Waals surface area contributed by atoms with Crippen molar-refractivity contribution in [1.82, 2.24) is 5.32 Å². The quantitative estimate of drug-likeness (QED) is 0.495.